The molecule has 0 bridgehead atoms. The first-order chi connectivity index (χ1) is 6.37. The van der Waals surface area contributed by atoms with Gasteiger partial charge in [0.05, 0.1) is 17.9 Å². The van der Waals surface area contributed by atoms with Crippen LogP contribution in [0.15, 0.2) is 5.16 Å². The van der Waals surface area contributed by atoms with Crippen molar-refractivity contribution >= 4 is 11.8 Å². The van der Waals surface area contributed by atoms with Crippen LogP contribution in [0.3, 0.4) is 0 Å². The Bertz CT molecular complexity index is 236. The molecule has 0 rings (SSSR count). The van der Waals surface area contributed by atoms with Crippen LogP contribution in [0, 0.1) is 0 Å². The van der Waals surface area contributed by atoms with Gasteiger partial charge >= 0.3 is 6.09 Å². The quantitative estimate of drug-likeness (QED) is 0.430. The van der Waals surface area contributed by atoms with Gasteiger partial charge in [-0.1, -0.05) is 5.16 Å². The van der Waals surface area contributed by atoms with Crippen LogP contribution in [-0.4, -0.2) is 41.1 Å². The van der Waals surface area contributed by atoms with Gasteiger partial charge in [0.1, 0.15) is 0 Å². The van der Waals surface area contributed by atoms with Crippen molar-refractivity contribution < 1.29 is 14.7 Å². The van der Waals surface area contributed by atoms with E-state index >= 15 is 0 Å². The van der Waals surface area contributed by atoms with Crippen LogP contribution in [0.1, 0.15) is 27.7 Å². The minimum Gasteiger partial charge on any atom is -0.450 e. The van der Waals surface area contributed by atoms with Crippen molar-refractivity contribution in [3.63, 3.8) is 0 Å². The summed E-state index contributed by atoms with van der Waals surface area (Å²) in [5, 5.41) is 11.7. The minimum absolute atomic E-state index is 0.328. The SMILES string of the molecule is CCOC(=O)N(C)C(C)(C)C(C)=NO. The van der Waals surface area contributed by atoms with Gasteiger partial charge in [0.15, 0.2) is 0 Å². The van der Waals surface area contributed by atoms with Crippen LogP contribution in [-0.2, 0) is 4.74 Å². The van der Waals surface area contributed by atoms with Crippen LogP contribution in [0.4, 0.5) is 4.79 Å². The summed E-state index contributed by atoms with van der Waals surface area (Å²) in [7, 11) is 1.60. The van der Waals surface area contributed by atoms with E-state index in [2.05, 4.69) is 5.16 Å². The number of oxime groups is 1. The molecular weight excluding hydrogens is 184 g/mol. The second-order valence-corrected chi connectivity index (χ2v) is 3.50. The van der Waals surface area contributed by atoms with E-state index < -0.39 is 11.6 Å². The van der Waals surface area contributed by atoms with E-state index in [0.717, 1.165) is 0 Å². The Balaban J connectivity index is 4.66. The third kappa shape index (κ3) is 2.61. The smallest absolute Gasteiger partial charge is 0.410 e. The summed E-state index contributed by atoms with van der Waals surface area (Å²) >= 11 is 0. The molecule has 0 aromatic carbocycles. The van der Waals surface area contributed by atoms with Crippen molar-refractivity contribution in [2.24, 2.45) is 5.16 Å². The van der Waals surface area contributed by atoms with Crippen molar-refractivity contribution in [1.82, 2.24) is 4.90 Å². The Labute approximate surface area is 84.3 Å². The van der Waals surface area contributed by atoms with Crippen LogP contribution in [0.25, 0.3) is 0 Å². The number of hydrogen-bond donors (Lipinski definition) is 1. The number of carbonyl (C=O) groups is 1. The topological polar surface area (TPSA) is 62.1 Å². The first-order valence-corrected chi connectivity index (χ1v) is 4.47. The lowest BCUT2D eigenvalue weighted by molar-refractivity contribution is 0.0959. The van der Waals surface area contributed by atoms with E-state index in [1.54, 1.807) is 34.7 Å². The largest absolute Gasteiger partial charge is 0.450 e. The number of carbonyl (C=O) groups excluding carboxylic acids is 1. The van der Waals surface area contributed by atoms with Gasteiger partial charge in [-0.3, -0.25) is 0 Å². The zero-order valence-electron chi connectivity index (χ0n) is 9.37. The zero-order chi connectivity index (χ0) is 11.4. The molecule has 0 aliphatic carbocycles. The van der Waals surface area contributed by atoms with Crippen LogP contribution < -0.4 is 0 Å². The predicted octanol–water partition coefficient (Wildman–Crippen LogP) is 1.70. The molecule has 14 heavy (non-hydrogen) atoms. The molecule has 0 saturated carbocycles. The molecule has 0 spiro atoms. The standard InChI is InChI=1S/C9H18N2O3/c1-6-14-8(12)11(5)9(3,4)7(2)10-13/h13H,6H2,1-5H3. The highest BCUT2D eigenvalue weighted by Gasteiger charge is 2.31. The van der Waals surface area contributed by atoms with E-state index in [1.165, 1.54) is 4.90 Å². The van der Waals surface area contributed by atoms with Crippen molar-refractivity contribution in [3.8, 4) is 0 Å². The summed E-state index contributed by atoms with van der Waals surface area (Å²) in [6, 6.07) is 0. The molecule has 0 unspecified atom stereocenters. The lowest BCUT2D eigenvalue weighted by Crippen LogP contribution is -2.50. The third-order valence-electron chi connectivity index (χ3n) is 2.42. The molecule has 82 valence electrons. The van der Waals surface area contributed by atoms with Gasteiger partial charge in [-0.05, 0) is 27.7 Å². The van der Waals surface area contributed by atoms with Gasteiger partial charge in [0.2, 0.25) is 0 Å². The maximum Gasteiger partial charge on any atom is 0.410 e. The number of amides is 1. The second kappa shape index (κ2) is 4.83. The molecule has 0 aromatic heterocycles. The Kier molecular flexibility index (Phi) is 4.40. The maximum atomic E-state index is 11.4. The first-order valence-electron chi connectivity index (χ1n) is 4.47. The molecule has 0 aromatic rings. The molecule has 0 aliphatic heterocycles. The number of rotatable bonds is 3. The lowest BCUT2D eigenvalue weighted by atomic mass is 9.98. The Morgan fingerprint density at radius 2 is 2.07 bits per heavy atom. The average Bonchev–Trinajstić information content (AvgIpc) is 2.15. The molecule has 0 radical (unpaired) electrons. The highest BCUT2D eigenvalue weighted by molar-refractivity contribution is 5.92. The normalized spacial score (nSPS) is 12.5. The molecule has 1 amide bonds. The van der Waals surface area contributed by atoms with Crippen molar-refractivity contribution in [2.75, 3.05) is 13.7 Å². The van der Waals surface area contributed by atoms with E-state index in [0.29, 0.717) is 12.3 Å². The maximum absolute atomic E-state index is 11.4. The van der Waals surface area contributed by atoms with Gasteiger partial charge in [0, 0.05) is 7.05 Å². The molecule has 0 atom stereocenters. The first kappa shape index (κ1) is 12.7. The monoisotopic (exact) mass is 202 g/mol. The summed E-state index contributed by atoms with van der Waals surface area (Å²) in [6.45, 7) is 7.27. The number of hydrogen-bond acceptors (Lipinski definition) is 4. The highest BCUT2D eigenvalue weighted by atomic mass is 16.6. The van der Waals surface area contributed by atoms with E-state index in [9.17, 15) is 4.79 Å². The Hall–Kier alpha value is -1.26. The average molecular weight is 202 g/mol. The molecule has 5 heteroatoms. The van der Waals surface area contributed by atoms with Crippen LogP contribution in [0.2, 0.25) is 0 Å². The predicted molar refractivity (Wildman–Crippen MR) is 53.8 cm³/mol. The van der Waals surface area contributed by atoms with Crippen molar-refractivity contribution in [1.29, 1.82) is 0 Å². The molecule has 1 N–H and O–H groups in total. The fraction of sp³-hybridized carbons (Fsp3) is 0.778. The van der Waals surface area contributed by atoms with Gasteiger partial charge in [-0.15, -0.1) is 0 Å². The summed E-state index contributed by atoms with van der Waals surface area (Å²) in [4.78, 5) is 12.8. The number of ether oxygens (including phenoxy) is 1. The number of nitrogens with zero attached hydrogens (tertiary/aromatic N) is 2. The minimum atomic E-state index is -0.652. The molecule has 0 saturated heterocycles. The van der Waals surface area contributed by atoms with E-state index in [-0.39, 0.29) is 0 Å². The molecule has 0 aliphatic rings. The second-order valence-electron chi connectivity index (χ2n) is 3.50. The summed E-state index contributed by atoms with van der Waals surface area (Å²) < 4.78 is 4.84. The molecular formula is C9H18N2O3. The van der Waals surface area contributed by atoms with Crippen molar-refractivity contribution in [2.45, 2.75) is 33.2 Å². The Morgan fingerprint density at radius 3 is 2.43 bits per heavy atom. The van der Waals surface area contributed by atoms with Gasteiger partial charge < -0.3 is 14.8 Å². The summed E-state index contributed by atoms with van der Waals surface area (Å²) in [5.74, 6) is 0. The van der Waals surface area contributed by atoms with Crippen LogP contribution >= 0.6 is 0 Å². The summed E-state index contributed by atoms with van der Waals surface area (Å²) in [5.41, 5.74) is -0.200. The molecule has 0 heterocycles. The lowest BCUT2D eigenvalue weighted by Gasteiger charge is -2.33. The fourth-order valence-corrected chi connectivity index (χ4v) is 0.814. The van der Waals surface area contributed by atoms with Crippen molar-refractivity contribution in [3.05, 3.63) is 0 Å². The summed E-state index contributed by atoms with van der Waals surface area (Å²) in [6.07, 6.45) is -0.430. The highest BCUT2D eigenvalue weighted by Crippen LogP contribution is 2.15. The van der Waals surface area contributed by atoms with E-state index in [4.69, 9.17) is 9.94 Å². The van der Waals surface area contributed by atoms with E-state index in [1.807, 2.05) is 0 Å². The zero-order valence-corrected chi connectivity index (χ0v) is 9.37. The molecule has 0 fully saturated rings. The fourth-order valence-electron chi connectivity index (χ4n) is 0.814. The van der Waals surface area contributed by atoms with Gasteiger partial charge in [0.25, 0.3) is 0 Å². The molecule has 5 nitrogen and oxygen atoms in total. The Morgan fingerprint density at radius 1 is 1.57 bits per heavy atom. The van der Waals surface area contributed by atoms with Gasteiger partial charge in [-0.25, -0.2) is 4.79 Å². The third-order valence-corrected chi connectivity index (χ3v) is 2.42. The van der Waals surface area contributed by atoms with Gasteiger partial charge in [-0.2, -0.15) is 0 Å². The van der Waals surface area contributed by atoms with Crippen LogP contribution in [0.5, 0.6) is 0 Å².